The van der Waals surface area contributed by atoms with E-state index in [1.54, 1.807) is 6.92 Å². The second-order valence-electron chi connectivity index (χ2n) is 6.01. The van der Waals surface area contributed by atoms with Crippen LogP contribution in [0.1, 0.15) is 38.2 Å². The number of nitrogens with zero attached hydrogens (tertiary/aromatic N) is 2. The lowest BCUT2D eigenvalue weighted by molar-refractivity contribution is -0.154. The van der Waals surface area contributed by atoms with Crippen molar-refractivity contribution >= 4 is 5.97 Å². The Morgan fingerprint density at radius 2 is 2.04 bits per heavy atom. The first kappa shape index (κ1) is 18.0. The van der Waals surface area contributed by atoms with Crippen LogP contribution in [-0.4, -0.2) is 24.8 Å². The Kier molecular flexibility index (Phi) is 6.35. The molecular weight excluding hydrogens is 304 g/mol. The summed E-state index contributed by atoms with van der Waals surface area (Å²) in [6, 6.07) is 14.2. The molecule has 1 fully saturated rings. The highest BCUT2D eigenvalue weighted by Gasteiger charge is 2.46. The number of carbonyl (C=O) groups excluding carboxylic acids is 1. The third-order valence-corrected chi connectivity index (χ3v) is 4.42. The molecule has 126 valence electrons. The van der Waals surface area contributed by atoms with Crippen LogP contribution >= 0.6 is 0 Å². The van der Waals surface area contributed by atoms with Gasteiger partial charge in [0.15, 0.2) is 5.41 Å². The van der Waals surface area contributed by atoms with E-state index in [4.69, 9.17) is 9.47 Å². The summed E-state index contributed by atoms with van der Waals surface area (Å²) >= 11 is 0. The SMILES string of the molecule is CCOC(=O)C[C@H]1O[C@@H](CCc2ccccc2)CCC1(C#N)C#N. The van der Waals surface area contributed by atoms with Gasteiger partial charge in [0.05, 0.1) is 31.3 Å². The van der Waals surface area contributed by atoms with E-state index < -0.39 is 17.5 Å². The van der Waals surface area contributed by atoms with Crippen molar-refractivity contribution in [2.45, 2.75) is 51.2 Å². The number of benzene rings is 1. The first-order valence-electron chi connectivity index (χ1n) is 8.31. The van der Waals surface area contributed by atoms with Crippen molar-refractivity contribution in [3.63, 3.8) is 0 Å². The fourth-order valence-corrected chi connectivity index (χ4v) is 3.03. The van der Waals surface area contributed by atoms with Crippen molar-refractivity contribution in [3.8, 4) is 12.1 Å². The van der Waals surface area contributed by atoms with E-state index in [1.165, 1.54) is 5.56 Å². The van der Waals surface area contributed by atoms with Crippen LogP contribution in [0, 0.1) is 28.1 Å². The van der Waals surface area contributed by atoms with Crippen LogP contribution in [0.3, 0.4) is 0 Å². The Labute approximate surface area is 142 Å². The van der Waals surface area contributed by atoms with E-state index >= 15 is 0 Å². The summed E-state index contributed by atoms with van der Waals surface area (Å²) in [6.07, 6.45) is 1.88. The van der Waals surface area contributed by atoms with Crippen LogP contribution in [0.25, 0.3) is 0 Å². The lowest BCUT2D eigenvalue weighted by atomic mass is 9.76. The zero-order valence-electron chi connectivity index (χ0n) is 13.9. The zero-order chi connectivity index (χ0) is 17.4. The summed E-state index contributed by atoms with van der Waals surface area (Å²) in [5.41, 5.74) is -0.0452. The molecule has 0 radical (unpaired) electrons. The molecule has 2 rings (SSSR count). The summed E-state index contributed by atoms with van der Waals surface area (Å²) < 4.78 is 10.9. The lowest BCUT2D eigenvalue weighted by Crippen LogP contribution is -2.44. The highest BCUT2D eigenvalue weighted by atomic mass is 16.5. The molecule has 1 aromatic rings. The van der Waals surface area contributed by atoms with Gasteiger partial charge < -0.3 is 9.47 Å². The summed E-state index contributed by atoms with van der Waals surface area (Å²) in [7, 11) is 0. The fraction of sp³-hybridized carbons (Fsp3) is 0.526. The molecule has 5 nitrogen and oxygen atoms in total. The predicted molar refractivity (Wildman–Crippen MR) is 87.6 cm³/mol. The number of esters is 1. The van der Waals surface area contributed by atoms with E-state index in [1.807, 2.05) is 18.2 Å². The monoisotopic (exact) mass is 326 g/mol. The highest BCUT2D eigenvalue weighted by Crippen LogP contribution is 2.38. The number of carbonyl (C=O) groups is 1. The quantitative estimate of drug-likeness (QED) is 0.750. The van der Waals surface area contributed by atoms with Crippen molar-refractivity contribution < 1.29 is 14.3 Å². The second-order valence-corrected chi connectivity index (χ2v) is 6.01. The lowest BCUT2D eigenvalue weighted by Gasteiger charge is -2.37. The van der Waals surface area contributed by atoms with Gasteiger partial charge in [-0.2, -0.15) is 10.5 Å². The van der Waals surface area contributed by atoms with E-state index in [0.717, 1.165) is 12.8 Å². The summed E-state index contributed by atoms with van der Waals surface area (Å²) in [6.45, 7) is 2.00. The minimum absolute atomic E-state index is 0.0561. The highest BCUT2D eigenvalue weighted by molar-refractivity contribution is 5.70. The Bertz CT molecular complexity index is 616. The third kappa shape index (κ3) is 4.34. The van der Waals surface area contributed by atoms with E-state index in [9.17, 15) is 15.3 Å². The van der Waals surface area contributed by atoms with Crippen LogP contribution in [0.5, 0.6) is 0 Å². The summed E-state index contributed by atoms with van der Waals surface area (Å²) in [5, 5.41) is 18.9. The normalized spacial score (nSPS) is 22.1. The molecule has 2 atom stereocenters. The fourth-order valence-electron chi connectivity index (χ4n) is 3.03. The van der Waals surface area contributed by atoms with Gasteiger partial charge in [0.25, 0.3) is 0 Å². The molecule has 0 aromatic heterocycles. The van der Waals surface area contributed by atoms with Crippen molar-refractivity contribution in [3.05, 3.63) is 35.9 Å². The molecule has 24 heavy (non-hydrogen) atoms. The van der Waals surface area contributed by atoms with Gasteiger partial charge in [-0.1, -0.05) is 30.3 Å². The Morgan fingerprint density at radius 3 is 2.67 bits per heavy atom. The molecule has 0 bridgehead atoms. The van der Waals surface area contributed by atoms with E-state index in [-0.39, 0.29) is 19.1 Å². The molecule has 0 unspecified atom stereocenters. The number of rotatable bonds is 6. The molecule has 1 aromatic carbocycles. The van der Waals surface area contributed by atoms with Gasteiger partial charge >= 0.3 is 5.97 Å². The number of nitriles is 2. The molecule has 0 saturated carbocycles. The molecule has 0 aliphatic carbocycles. The largest absolute Gasteiger partial charge is 0.466 e. The van der Waals surface area contributed by atoms with Crippen molar-refractivity contribution in [1.29, 1.82) is 10.5 Å². The number of hydrogen-bond donors (Lipinski definition) is 0. The Balaban J connectivity index is 2.01. The average molecular weight is 326 g/mol. The van der Waals surface area contributed by atoms with Crippen LogP contribution in [0.15, 0.2) is 30.3 Å². The zero-order valence-corrected chi connectivity index (χ0v) is 13.9. The average Bonchev–Trinajstić information content (AvgIpc) is 2.61. The maximum absolute atomic E-state index is 11.8. The predicted octanol–water partition coefficient (Wildman–Crippen LogP) is 3.15. The minimum atomic E-state index is -1.27. The standard InChI is InChI=1S/C19H22N2O3/c1-2-23-18(22)12-17-19(13-20,14-21)11-10-16(24-17)9-8-15-6-4-3-5-7-15/h3-7,16-17H,2,8-12H2,1H3/t16-,17+/m0/s1. The first-order chi connectivity index (χ1) is 11.6. The van der Waals surface area contributed by atoms with Crippen LogP contribution in [0.2, 0.25) is 0 Å². The van der Waals surface area contributed by atoms with Gasteiger partial charge in [0.1, 0.15) is 6.10 Å². The molecule has 1 saturated heterocycles. The molecular formula is C19H22N2O3. The number of aryl methyl sites for hydroxylation is 1. The molecule has 0 amide bonds. The smallest absolute Gasteiger partial charge is 0.308 e. The van der Waals surface area contributed by atoms with Crippen molar-refractivity contribution in [1.82, 2.24) is 0 Å². The number of hydrogen-bond acceptors (Lipinski definition) is 5. The van der Waals surface area contributed by atoms with Gasteiger partial charge in [0.2, 0.25) is 0 Å². The maximum Gasteiger partial charge on any atom is 0.308 e. The van der Waals surface area contributed by atoms with E-state index in [0.29, 0.717) is 12.8 Å². The molecule has 1 aliphatic rings. The minimum Gasteiger partial charge on any atom is -0.466 e. The second kappa shape index (κ2) is 8.47. The Hall–Kier alpha value is -2.37. The van der Waals surface area contributed by atoms with Crippen LogP contribution < -0.4 is 0 Å². The number of ether oxygens (including phenoxy) is 2. The third-order valence-electron chi connectivity index (χ3n) is 4.42. The summed E-state index contributed by atoms with van der Waals surface area (Å²) in [5.74, 6) is -0.430. The molecule has 0 spiro atoms. The molecule has 1 heterocycles. The molecule has 5 heteroatoms. The Morgan fingerprint density at radius 1 is 1.33 bits per heavy atom. The van der Waals surface area contributed by atoms with Crippen molar-refractivity contribution in [2.24, 2.45) is 5.41 Å². The van der Waals surface area contributed by atoms with Gasteiger partial charge in [-0.25, -0.2) is 0 Å². The van der Waals surface area contributed by atoms with Gasteiger partial charge in [-0.15, -0.1) is 0 Å². The topological polar surface area (TPSA) is 83.1 Å². The van der Waals surface area contributed by atoms with Gasteiger partial charge in [-0.3, -0.25) is 4.79 Å². The molecule has 0 N–H and O–H groups in total. The van der Waals surface area contributed by atoms with Crippen LogP contribution in [-0.2, 0) is 20.7 Å². The van der Waals surface area contributed by atoms with E-state index in [2.05, 4.69) is 24.3 Å². The van der Waals surface area contributed by atoms with Gasteiger partial charge in [0, 0.05) is 0 Å². The molecule has 1 aliphatic heterocycles. The first-order valence-corrected chi connectivity index (χ1v) is 8.31. The maximum atomic E-state index is 11.8. The van der Waals surface area contributed by atoms with Gasteiger partial charge in [-0.05, 0) is 38.2 Å². The van der Waals surface area contributed by atoms with Crippen molar-refractivity contribution in [2.75, 3.05) is 6.61 Å². The summed E-state index contributed by atoms with van der Waals surface area (Å²) in [4.78, 5) is 11.8. The van der Waals surface area contributed by atoms with Crippen LogP contribution in [0.4, 0.5) is 0 Å².